The molecule has 0 aliphatic carbocycles. The number of carbonyl (C=O) groups excluding carboxylic acids is 3. The molecule has 1 atom stereocenters. The lowest BCUT2D eigenvalue weighted by Gasteiger charge is -2.28. The fourth-order valence-corrected chi connectivity index (χ4v) is 3.53. The van der Waals surface area contributed by atoms with Crippen molar-refractivity contribution in [3.8, 4) is 23.3 Å². The minimum absolute atomic E-state index is 0.0447. The number of rotatable bonds is 11. The lowest BCUT2D eigenvalue weighted by atomic mass is 9.95. The summed E-state index contributed by atoms with van der Waals surface area (Å²) in [5.41, 5.74) is 4.29. The van der Waals surface area contributed by atoms with Gasteiger partial charge < -0.3 is 29.6 Å². The molecule has 0 bridgehead atoms. The minimum Gasteiger partial charge on any atom is -0.493 e. The number of hydrazone groups is 1. The highest BCUT2D eigenvalue weighted by molar-refractivity contribution is 5.95. The van der Waals surface area contributed by atoms with Crippen LogP contribution in [0.3, 0.4) is 0 Å². The number of esters is 1. The molecule has 3 amide bonds. The van der Waals surface area contributed by atoms with Crippen LogP contribution in [0, 0.1) is 11.3 Å². The van der Waals surface area contributed by atoms with Crippen LogP contribution < -0.4 is 30.3 Å². The second-order valence-electron chi connectivity index (χ2n) is 7.80. The summed E-state index contributed by atoms with van der Waals surface area (Å²) in [6, 6.07) is 12.3. The van der Waals surface area contributed by atoms with E-state index in [9.17, 15) is 14.4 Å². The summed E-state index contributed by atoms with van der Waals surface area (Å²) in [6.45, 7) is 3.11. The summed E-state index contributed by atoms with van der Waals surface area (Å²) in [7, 11) is 1.43. The van der Waals surface area contributed by atoms with Gasteiger partial charge in [-0.1, -0.05) is 6.07 Å². The molecule has 38 heavy (non-hydrogen) atoms. The number of hydrogen-bond acceptors (Lipinski definition) is 9. The van der Waals surface area contributed by atoms with E-state index in [0.29, 0.717) is 28.3 Å². The number of urea groups is 1. The number of amides is 3. The van der Waals surface area contributed by atoms with Crippen LogP contribution >= 0.6 is 0 Å². The Balaban J connectivity index is 1.63. The summed E-state index contributed by atoms with van der Waals surface area (Å²) in [5, 5.41) is 17.7. The molecule has 1 aliphatic rings. The first-order valence-electron chi connectivity index (χ1n) is 11.5. The van der Waals surface area contributed by atoms with E-state index in [1.165, 1.54) is 13.3 Å². The van der Waals surface area contributed by atoms with Crippen molar-refractivity contribution in [2.45, 2.75) is 19.9 Å². The van der Waals surface area contributed by atoms with Crippen LogP contribution in [0.4, 0.5) is 4.79 Å². The van der Waals surface area contributed by atoms with Crippen LogP contribution in [-0.4, -0.2) is 51.1 Å². The van der Waals surface area contributed by atoms with Crippen molar-refractivity contribution in [3.63, 3.8) is 0 Å². The largest absolute Gasteiger partial charge is 0.493 e. The van der Waals surface area contributed by atoms with Crippen LogP contribution in [0.5, 0.6) is 17.2 Å². The summed E-state index contributed by atoms with van der Waals surface area (Å²) in [5.74, 6) is 0.0671. The average molecular weight is 522 g/mol. The molecule has 2 aromatic rings. The molecule has 0 unspecified atom stereocenters. The Morgan fingerprint density at radius 3 is 2.61 bits per heavy atom. The number of benzene rings is 2. The fraction of sp³-hybridized carbons (Fsp3) is 0.269. The molecule has 198 valence electrons. The molecule has 1 heterocycles. The van der Waals surface area contributed by atoms with Crippen LogP contribution in [0.2, 0.25) is 0 Å². The first-order chi connectivity index (χ1) is 18.4. The van der Waals surface area contributed by atoms with E-state index in [-0.39, 0.29) is 31.1 Å². The molecule has 0 spiro atoms. The second kappa shape index (κ2) is 13.3. The Morgan fingerprint density at radius 2 is 1.92 bits per heavy atom. The third kappa shape index (κ3) is 7.23. The maximum absolute atomic E-state index is 12.5. The lowest BCUT2D eigenvalue weighted by molar-refractivity contribution is -0.139. The number of carbonyl (C=O) groups is 3. The molecule has 0 saturated carbocycles. The van der Waals surface area contributed by atoms with Gasteiger partial charge in [-0.3, -0.25) is 4.79 Å². The van der Waals surface area contributed by atoms with Crippen molar-refractivity contribution in [2.24, 2.45) is 5.10 Å². The van der Waals surface area contributed by atoms with Gasteiger partial charge in [0.1, 0.15) is 11.8 Å². The monoisotopic (exact) mass is 521 g/mol. The van der Waals surface area contributed by atoms with E-state index in [1.54, 1.807) is 56.3 Å². The van der Waals surface area contributed by atoms with Gasteiger partial charge in [0, 0.05) is 5.70 Å². The number of ether oxygens (including phenoxy) is 4. The van der Waals surface area contributed by atoms with Gasteiger partial charge in [-0.05, 0) is 61.4 Å². The SMILES string of the molecule is CCOC(=O)C1=C(C)NC(=O)N[C@@H]1c1ccc(OCC(=O)N/N=C\c2ccc(OCC#N)cc2)c(OC)c1. The maximum Gasteiger partial charge on any atom is 0.338 e. The Morgan fingerprint density at radius 1 is 1.16 bits per heavy atom. The highest BCUT2D eigenvalue weighted by Gasteiger charge is 2.32. The van der Waals surface area contributed by atoms with Crippen molar-refractivity contribution in [3.05, 3.63) is 64.9 Å². The minimum atomic E-state index is -0.768. The first-order valence-corrected chi connectivity index (χ1v) is 11.5. The average Bonchev–Trinajstić information content (AvgIpc) is 2.91. The molecule has 3 rings (SSSR count). The van der Waals surface area contributed by atoms with Crippen LogP contribution in [0.1, 0.15) is 31.0 Å². The van der Waals surface area contributed by atoms with Crippen molar-refractivity contribution in [1.82, 2.24) is 16.1 Å². The third-order valence-corrected chi connectivity index (χ3v) is 5.23. The Bertz CT molecular complexity index is 1280. The van der Waals surface area contributed by atoms with Crippen LogP contribution in [0.25, 0.3) is 0 Å². The van der Waals surface area contributed by atoms with Gasteiger partial charge in [0.2, 0.25) is 0 Å². The molecular weight excluding hydrogens is 494 g/mol. The molecular formula is C26H27N5O7. The number of hydrogen-bond donors (Lipinski definition) is 3. The zero-order chi connectivity index (χ0) is 27.5. The van der Waals surface area contributed by atoms with Gasteiger partial charge in [0.05, 0.1) is 31.5 Å². The van der Waals surface area contributed by atoms with Crippen molar-refractivity contribution in [2.75, 3.05) is 26.9 Å². The van der Waals surface area contributed by atoms with Gasteiger partial charge in [0.15, 0.2) is 24.7 Å². The summed E-state index contributed by atoms with van der Waals surface area (Å²) < 4.78 is 21.3. The van der Waals surface area contributed by atoms with Gasteiger partial charge in [-0.15, -0.1) is 0 Å². The lowest BCUT2D eigenvalue weighted by Crippen LogP contribution is -2.45. The molecule has 0 radical (unpaired) electrons. The zero-order valence-electron chi connectivity index (χ0n) is 21.1. The van der Waals surface area contributed by atoms with E-state index in [1.807, 2.05) is 6.07 Å². The fourth-order valence-electron chi connectivity index (χ4n) is 3.53. The predicted molar refractivity (Wildman–Crippen MR) is 136 cm³/mol. The predicted octanol–water partition coefficient (Wildman–Crippen LogP) is 2.32. The maximum atomic E-state index is 12.5. The van der Waals surface area contributed by atoms with E-state index >= 15 is 0 Å². The van der Waals surface area contributed by atoms with Crippen LogP contribution in [0.15, 0.2) is 58.8 Å². The number of allylic oxidation sites excluding steroid dienone is 1. The summed E-state index contributed by atoms with van der Waals surface area (Å²) >= 11 is 0. The number of nitrogens with zero attached hydrogens (tertiary/aromatic N) is 2. The van der Waals surface area contributed by atoms with Gasteiger partial charge in [-0.2, -0.15) is 10.4 Å². The Labute approximate surface area is 219 Å². The summed E-state index contributed by atoms with van der Waals surface area (Å²) in [6.07, 6.45) is 1.45. The molecule has 0 fully saturated rings. The third-order valence-electron chi connectivity index (χ3n) is 5.23. The highest BCUT2D eigenvalue weighted by Crippen LogP contribution is 2.34. The molecule has 0 aromatic heterocycles. The van der Waals surface area contributed by atoms with Crippen LogP contribution in [-0.2, 0) is 14.3 Å². The number of nitriles is 1. The van der Waals surface area contributed by atoms with Gasteiger partial charge in [0.25, 0.3) is 5.91 Å². The molecule has 12 heteroatoms. The van der Waals surface area contributed by atoms with E-state index in [4.69, 9.17) is 24.2 Å². The van der Waals surface area contributed by atoms with Gasteiger partial charge in [-0.25, -0.2) is 15.0 Å². The number of nitrogens with one attached hydrogen (secondary N) is 3. The molecule has 1 aliphatic heterocycles. The van der Waals surface area contributed by atoms with Crippen molar-refractivity contribution >= 4 is 24.1 Å². The summed E-state index contributed by atoms with van der Waals surface area (Å²) in [4.78, 5) is 36.8. The van der Waals surface area contributed by atoms with Gasteiger partial charge >= 0.3 is 12.0 Å². The second-order valence-corrected chi connectivity index (χ2v) is 7.80. The quantitative estimate of drug-likeness (QED) is 0.231. The highest BCUT2D eigenvalue weighted by atomic mass is 16.5. The normalized spacial score (nSPS) is 14.7. The standard InChI is InChI=1S/C26H27N5O7/c1-4-36-25(33)23-16(2)29-26(34)30-24(23)18-7-10-20(21(13-18)35-3)38-15-22(32)31-28-14-17-5-8-19(9-6-17)37-12-11-27/h5-10,13-14,24H,4,12,15H2,1-3H3,(H,31,32)(H2,29,30,34)/b28-14-/t24-/m1/s1. The molecule has 12 nitrogen and oxygen atoms in total. The Hall–Kier alpha value is -5.05. The first kappa shape index (κ1) is 27.5. The number of methoxy groups -OCH3 is 1. The van der Waals surface area contributed by atoms with Crippen molar-refractivity contribution < 1.29 is 33.3 Å². The van der Waals surface area contributed by atoms with Crippen molar-refractivity contribution in [1.29, 1.82) is 5.26 Å². The molecule has 0 saturated heterocycles. The molecule has 2 aromatic carbocycles. The topological polar surface area (TPSA) is 160 Å². The smallest absolute Gasteiger partial charge is 0.338 e. The zero-order valence-corrected chi connectivity index (χ0v) is 21.1. The van der Waals surface area contributed by atoms with E-state index in [2.05, 4.69) is 21.2 Å². The van der Waals surface area contributed by atoms with E-state index in [0.717, 1.165) is 0 Å². The van der Waals surface area contributed by atoms with E-state index < -0.39 is 23.9 Å². The molecule has 3 N–H and O–H groups in total. The Kier molecular flexibility index (Phi) is 9.65.